The first-order chi connectivity index (χ1) is 20.3. The standard InChI is InChI=1S/C31H29ClF5N3O3/c1-17(2)40-27-13-10-20(32)14-19(27)7-5-9-25(30(40)43)38-29(42)26(15-18-6-3-4-8-24(18)34)39-28(41)22-12-11-21(33)16-23(22)31(35,36)37/h3-4,6,8,10-14,16-17,25-26H,5,7,9,15H2,1-2H3,(H,38,42)(H,39,41). The van der Waals surface area contributed by atoms with E-state index in [0.717, 1.165) is 11.6 Å². The number of aryl methyl sites for hydroxylation is 1. The Labute approximate surface area is 250 Å². The van der Waals surface area contributed by atoms with Crippen molar-refractivity contribution in [2.45, 2.75) is 63.8 Å². The average Bonchev–Trinajstić information content (AvgIpc) is 2.92. The van der Waals surface area contributed by atoms with E-state index in [9.17, 15) is 36.3 Å². The van der Waals surface area contributed by atoms with Crippen molar-refractivity contribution in [1.82, 2.24) is 10.6 Å². The van der Waals surface area contributed by atoms with Gasteiger partial charge in [-0.25, -0.2) is 8.78 Å². The molecule has 0 fully saturated rings. The molecule has 2 atom stereocenters. The molecule has 0 aromatic heterocycles. The number of benzene rings is 3. The summed E-state index contributed by atoms with van der Waals surface area (Å²) in [6.45, 7) is 3.61. The van der Waals surface area contributed by atoms with Gasteiger partial charge in [-0.05, 0) is 86.7 Å². The minimum Gasteiger partial charge on any atom is -0.342 e. The van der Waals surface area contributed by atoms with Crippen molar-refractivity contribution in [3.05, 3.63) is 99.6 Å². The van der Waals surface area contributed by atoms with E-state index in [2.05, 4.69) is 10.6 Å². The maximum absolute atomic E-state index is 14.6. The molecule has 1 heterocycles. The van der Waals surface area contributed by atoms with Crippen molar-refractivity contribution >= 4 is 35.0 Å². The lowest BCUT2D eigenvalue weighted by molar-refractivity contribution is -0.138. The molecule has 0 saturated heterocycles. The first-order valence-electron chi connectivity index (χ1n) is 13.6. The third-order valence-electron chi connectivity index (χ3n) is 7.14. The second-order valence-electron chi connectivity index (χ2n) is 10.5. The van der Waals surface area contributed by atoms with Gasteiger partial charge in [0, 0.05) is 23.2 Å². The molecule has 2 unspecified atom stereocenters. The van der Waals surface area contributed by atoms with Gasteiger partial charge in [-0.1, -0.05) is 29.8 Å². The van der Waals surface area contributed by atoms with Crippen LogP contribution in [0, 0.1) is 11.6 Å². The predicted molar refractivity (Wildman–Crippen MR) is 152 cm³/mol. The van der Waals surface area contributed by atoms with Crippen LogP contribution in [0.4, 0.5) is 27.6 Å². The minimum atomic E-state index is -5.07. The van der Waals surface area contributed by atoms with Gasteiger partial charge in [0.05, 0.1) is 11.1 Å². The lowest BCUT2D eigenvalue weighted by atomic mass is 9.96. The second kappa shape index (κ2) is 13.1. The molecule has 2 N–H and O–H groups in total. The summed E-state index contributed by atoms with van der Waals surface area (Å²) < 4.78 is 69.0. The average molecular weight is 622 g/mol. The van der Waals surface area contributed by atoms with Crippen LogP contribution in [0.5, 0.6) is 0 Å². The summed E-state index contributed by atoms with van der Waals surface area (Å²) in [5, 5.41) is 5.40. The number of hydrogen-bond donors (Lipinski definition) is 2. The number of nitrogens with one attached hydrogen (secondary N) is 2. The van der Waals surface area contributed by atoms with Crippen molar-refractivity contribution in [2.24, 2.45) is 0 Å². The lowest BCUT2D eigenvalue weighted by Crippen LogP contribution is -2.56. The Balaban J connectivity index is 1.64. The van der Waals surface area contributed by atoms with Crippen molar-refractivity contribution in [3.63, 3.8) is 0 Å². The minimum absolute atomic E-state index is 0.0108. The van der Waals surface area contributed by atoms with Crippen LogP contribution in [0.3, 0.4) is 0 Å². The van der Waals surface area contributed by atoms with Crippen molar-refractivity contribution in [1.29, 1.82) is 0 Å². The molecule has 12 heteroatoms. The summed E-state index contributed by atoms with van der Waals surface area (Å²) in [5.74, 6) is -4.55. The highest BCUT2D eigenvalue weighted by Gasteiger charge is 2.38. The van der Waals surface area contributed by atoms with E-state index < -0.39 is 65.2 Å². The zero-order chi connectivity index (χ0) is 31.5. The first kappa shape index (κ1) is 31.9. The highest BCUT2D eigenvalue weighted by atomic mass is 35.5. The number of carbonyl (C=O) groups is 3. The number of anilines is 1. The summed E-state index contributed by atoms with van der Waals surface area (Å²) in [5.41, 5.74) is -0.934. The van der Waals surface area contributed by atoms with Crippen LogP contribution < -0.4 is 15.5 Å². The van der Waals surface area contributed by atoms with Crippen LogP contribution >= 0.6 is 11.6 Å². The molecule has 0 spiro atoms. The van der Waals surface area contributed by atoms with E-state index in [1.165, 1.54) is 23.1 Å². The molecule has 43 heavy (non-hydrogen) atoms. The molecule has 1 aliphatic heterocycles. The molecule has 0 saturated carbocycles. The van der Waals surface area contributed by atoms with Crippen LogP contribution in [0.15, 0.2) is 60.7 Å². The fraction of sp³-hybridized carbons (Fsp3) is 0.323. The van der Waals surface area contributed by atoms with Crippen LogP contribution in [-0.2, 0) is 28.6 Å². The molecule has 0 radical (unpaired) electrons. The fourth-order valence-corrected chi connectivity index (χ4v) is 5.31. The monoisotopic (exact) mass is 621 g/mol. The largest absolute Gasteiger partial charge is 0.417 e. The molecule has 0 bridgehead atoms. The maximum Gasteiger partial charge on any atom is 0.417 e. The predicted octanol–water partition coefficient (Wildman–Crippen LogP) is 6.24. The molecule has 3 aromatic rings. The van der Waals surface area contributed by atoms with Crippen LogP contribution in [0.1, 0.15) is 53.7 Å². The van der Waals surface area contributed by atoms with Gasteiger partial charge in [-0.2, -0.15) is 13.2 Å². The molecule has 228 valence electrons. The fourth-order valence-electron chi connectivity index (χ4n) is 5.11. The Bertz CT molecular complexity index is 1530. The van der Waals surface area contributed by atoms with Crippen LogP contribution in [-0.4, -0.2) is 35.8 Å². The summed E-state index contributed by atoms with van der Waals surface area (Å²) in [4.78, 5) is 42.0. The number of nitrogens with zero attached hydrogens (tertiary/aromatic N) is 1. The van der Waals surface area contributed by atoms with Gasteiger partial charge in [-0.3, -0.25) is 14.4 Å². The van der Waals surface area contributed by atoms with Crippen molar-refractivity contribution in [2.75, 3.05) is 4.90 Å². The summed E-state index contributed by atoms with van der Waals surface area (Å²) >= 11 is 6.17. The first-order valence-corrected chi connectivity index (χ1v) is 14.0. The van der Waals surface area contributed by atoms with Gasteiger partial charge in [-0.15, -0.1) is 0 Å². The molecule has 4 rings (SSSR count). The summed E-state index contributed by atoms with van der Waals surface area (Å²) in [7, 11) is 0. The van der Waals surface area contributed by atoms with E-state index in [-0.39, 0.29) is 24.1 Å². The molecule has 1 aliphatic rings. The van der Waals surface area contributed by atoms with Crippen molar-refractivity contribution in [3.8, 4) is 0 Å². The Morgan fingerprint density at radius 3 is 2.44 bits per heavy atom. The number of amides is 3. The zero-order valence-electron chi connectivity index (χ0n) is 23.3. The number of rotatable bonds is 7. The molecular weight excluding hydrogens is 593 g/mol. The maximum atomic E-state index is 14.6. The zero-order valence-corrected chi connectivity index (χ0v) is 24.0. The summed E-state index contributed by atoms with van der Waals surface area (Å²) in [6.07, 6.45) is -4.23. The lowest BCUT2D eigenvalue weighted by Gasteiger charge is -2.35. The topological polar surface area (TPSA) is 78.5 Å². The van der Waals surface area contributed by atoms with Crippen LogP contribution in [0.25, 0.3) is 0 Å². The van der Waals surface area contributed by atoms with Gasteiger partial charge in [0.25, 0.3) is 5.91 Å². The van der Waals surface area contributed by atoms with Gasteiger partial charge in [0.2, 0.25) is 11.8 Å². The second-order valence-corrected chi connectivity index (χ2v) is 11.0. The molecule has 6 nitrogen and oxygen atoms in total. The number of carbonyl (C=O) groups excluding carboxylic acids is 3. The van der Waals surface area contributed by atoms with Crippen LogP contribution in [0.2, 0.25) is 5.02 Å². The van der Waals surface area contributed by atoms with E-state index in [1.807, 2.05) is 0 Å². The highest BCUT2D eigenvalue weighted by Crippen LogP contribution is 2.33. The Morgan fingerprint density at radius 2 is 1.77 bits per heavy atom. The number of alkyl halides is 3. The third kappa shape index (κ3) is 7.51. The number of hydrogen-bond acceptors (Lipinski definition) is 3. The van der Waals surface area contributed by atoms with Gasteiger partial charge >= 0.3 is 6.18 Å². The Kier molecular flexibility index (Phi) is 9.74. The molecular formula is C31H29ClF5N3O3. The Morgan fingerprint density at radius 1 is 1.05 bits per heavy atom. The Hall–Kier alpha value is -3.99. The number of halogens is 6. The third-order valence-corrected chi connectivity index (χ3v) is 7.38. The highest BCUT2D eigenvalue weighted by molar-refractivity contribution is 6.30. The number of fused-ring (bicyclic) bond motifs is 1. The van der Waals surface area contributed by atoms with Gasteiger partial charge in [0.1, 0.15) is 23.7 Å². The van der Waals surface area contributed by atoms with E-state index >= 15 is 0 Å². The van der Waals surface area contributed by atoms with Gasteiger partial charge in [0.15, 0.2) is 0 Å². The molecule has 0 aliphatic carbocycles. The SMILES string of the molecule is CC(C)N1C(=O)C(NC(=O)C(Cc2ccccc2F)NC(=O)c2ccc(F)cc2C(F)(F)F)CCCc2cc(Cl)ccc21. The van der Waals surface area contributed by atoms with Gasteiger partial charge < -0.3 is 15.5 Å². The van der Waals surface area contributed by atoms with E-state index in [1.54, 1.807) is 32.0 Å². The van der Waals surface area contributed by atoms with Crippen molar-refractivity contribution < 1.29 is 36.3 Å². The molecule has 3 amide bonds. The normalized spacial score (nSPS) is 16.3. The van der Waals surface area contributed by atoms with E-state index in [4.69, 9.17) is 11.6 Å². The van der Waals surface area contributed by atoms with E-state index in [0.29, 0.717) is 35.7 Å². The summed E-state index contributed by atoms with van der Waals surface area (Å²) in [6, 6.07) is 9.18. The molecule has 3 aromatic carbocycles. The smallest absolute Gasteiger partial charge is 0.342 e. The quantitative estimate of drug-likeness (QED) is 0.307.